The summed E-state index contributed by atoms with van der Waals surface area (Å²) in [5.74, 6) is 0.878. The molecular weight excluding hydrogens is 196 g/mol. The summed E-state index contributed by atoms with van der Waals surface area (Å²) < 4.78 is 0. The predicted octanol–water partition coefficient (Wildman–Crippen LogP) is 2.77. The maximum Gasteiger partial charge on any atom is 0.0366 e. The standard InChI is InChI=1S/C14H22N2/c1-2-12-4-3-9-16(11-12)14-7-5-13(10-15)6-8-14/h5-8,12H,2-4,9-11,15H2,1H3. The van der Waals surface area contributed by atoms with Crippen LogP contribution < -0.4 is 10.6 Å². The highest BCUT2D eigenvalue weighted by Crippen LogP contribution is 2.24. The summed E-state index contributed by atoms with van der Waals surface area (Å²) in [6.45, 7) is 5.36. The SMILES string of the molecule is CCC1CCCN(c2ccc(CN)cc2)C1. The number of rotatable bonds is 3. The number of hydrogen-bond acceptors (Lipinski definition) is 2. The fourth-order valence-electron chi connectivity index (χ4n) is 2.48. The molecule has 0 aromatic heterocycles. The fraction of sp³-hybridized carbons (Fsp3) is 0.571. The van der Waals surface area contributed by atoms with Crippen LogP contribution in [0.1, 0.15) is 31.7 Å². The minimum absolute atomic E-state index is 0.637. The zero-order chi connectivity index (χ0) is 11.4. The second-order valence-electron chi connectivity index (χ2n) is 4.73. The Kier molecular flexibility index (Phi) is 3.83. The highest BCUT2D eigenvalue weighted by Gasteiger charge is 2.18. The molecule has 0 amide bonds. The van der Waals surface area contributed by atoms with E-state index in [0.29, 0.717) is 6.54 Å². The lowest BCUT2D eigenvalue weighted by atomic mass is 9.95. The first-order valence-electron chi connectivity index (χ1n) is 6.37. The van der Waals surface area contributed by atoms with Gasteiger partial charge in [0.25, 0.3) is 0 Å². The first-order chi connectivity index (χ1) is 7.83. The van der Waals surface area contributed by atoms with Crippen LogP contribution in [0.2, 0.25) is 0 Å². The molecule has 1 aromatic rings. The zero-order valence-electron chi connectivity index (χ0n) is 10.2. The highest BCUT2D eigenvalue weighted by molar-refractivity contribution is 5.48. The summed E-state index contributed by atoms with van der Waals surface area (Å²) in [7, 11) is 0. The van der Waals surface area contributed by atoms with Gasteiger partial charge in [-0.1, -0.05) is 25.5 Å². The third-order valence-electron chi connectivity index (χ3n) is 3.63. The van der Waals surface area contributed by atoms with Crippen molar-refractivity contribution >= 4 is 5.69 Å². The van der Waals surface area contributed by atoms with Crippen molar-refractivity contribution in [1.29, 1.82) is 0 Å². The Morgan fingerprint density at radius 1 is 1.31 bits per heavy atom. The quantitative estimate of drug-likeness (QED) is 0.845. The van der Waals surface area contributed by atoms with E-state index < -0.39 is 0 Å². The molecule has 1 saturated heterocycles. The van der Waals surface area contributed by atoms with Crippen LogP contribution in [0.15, 0.2) is 24.3 Å². The molecule has 1 aromatic carbocycles. The van der Waals surface area contributed by atoms with Gasteiger partial charge in [0, 0.05) is 25.3 Å². The molecule has 2 nitrogen and oxygen atoms in total. The smallest absolute Gasteiger partial charge is 0.0366 e. The van der Waals surface area contributed by atoms with Crippen LogP contribution in [-0.4, -0.2) is 13.1 Å². The number of benzene rings is 1. The van der Waals surface area contributed by atoms with Crippen molar-refractivity contribution in [3.63, 3.8) is 0 Å². The zero-order valence-corrected chi connectivity index (χ0v) is 10.2. The van der Waals surface area contributed by atoms with E-state index in [1.165, 1.54) is 43.6 Å². The fourth-order valence-corrected chi connectivity index (χ4v) is 2.48. The molecule has 1 aliphatic rings. The summed E-state index contributed by atoms with van der Waals surface area (Å²) in [5, 5.41) is 0. The van der Waals surface area contributed by atoms with Crippen LogP contribution in [0.5, 0.6) is 0 Å². The van der Waals surface area contributed by atoms with E-state index in [-0.39, 0.29) is 0 Å². The van der Waals surface area contributed by atoms with Gasteiger partial charge in [0.05, 0.1) is 0 Å². The Morgan fingerprint density at radius 3 is 2.69 bits per heavy atom. The second kappa shape index (κ2) is 5.35. The molecule has 1 atom stereocenters. The van der Waals surface area contributed by atoms with Gasteiger partial charge in [-0.15, -0.1) is 0 Å². The van der Waals surface area contributed by atoms with E-state index in [0.717, 1.165) is 5.92 Å². The van der Waals surface area contributed by atoms with E-state index in [2.05, 4.69) is 36.1 Å². The van der Waals surface area contributed by atoms with Gasteiger partial charge >= 0.3 is 0 Å². The van der Waals surface area contributed by atoms with Gasteiger partial charge in [0.2, 0.25) is 0 Å². The van der Waals surface area contributed by atoms with Crippen molar-refractivity contribution < 1.29 is 0 Å². The minimum atomic E-state index is 0.637. The van der Waals surface area contributed by atoms with Crippen LogP contribution in [-0.2, 0) is 6.54 Å². The minimum Gasteiger partial charge on any atom is -0.371 e. The van der Waals surface area contributed by atoms with Crippen molar-refractivity contribution in [1.82, 2.24) is 0 Å². The largest absolute Gasteiger partial charge is 0.371 e. The van der Waals surface area contributed by atoms with Crippen LogP contribution in [0.3, 0.4) is 0 Å². The molecule has 2 N–H and O–H groups in total. The average Bonchev–Trinajstić information content (AvgIpc) is 2.39. The normalized spacial score (nSPS) is 21.1. The number of anilines is 1. The van der Waals surface area contributed by atoms with Crippen molar-refractivity contribution in [3.8, 4) is 0 Å². The summed E-state index contributed by atoms with van der Waals surface area (Å²) in [4.78, 5) is 2.51. The summed E-state index contributed by atoms with van der Waals surface area (Å²) in [6, 6.07) is 8.70. The maximum atomic E-state index is 5.61. The van der Waals surface area contributed by atoms with Crippen molar-refractivity contribution in [2.24, 2.45) is 11.7 Å². The number of nitrogens with two attached hydrogens (primary N) is 1. The lowest BCUT2D eigenvalue weighted by Gasteiger charge is -2.34. The molecule has 88 valence electrons. The molecule has 16 heavy (non-hydrogen) atoms. The van der Waals surface area contributed by atoms with Gasteiger partial charge in [0.15, 0.2) is 0 Å². The van der Waals surface area contributed by atoms with Crippen molar-refractivity contribution in [2.45, 2.75) is 32.7 Å². The molecule has 2 heteroatoms. The predicted molar refractivity (Wildman–Crippen MR) is 69.6 cm³/mol. The molecule has 0 bridgehead atoms. The van der Waals surface area contributed by atoms with Gasteiger partial charge in [-0.25, -0.2) is 0 Å². The monoisotopic (exact) mass is 218 g/mol. The Hall–Kier alpha value is -1.02. The molecule has 1 unspecified atom stereocenters. The molecule has 1 aliphatic heterocycles. The summed E-state index contributed by atoms with van der Waals surface area (Å²) in [6.07, 6.45) is 4.03. The number of hydrogen-bond donors (Lipinski definition) is 1. The summed E-state index contributed by atoms with van der Waals surface area (Å²) >= 11 is 0. The third-order valence-corrected chi connectivity index (χ3v) is 3.63. The maximum absolute atomic E-state index is 5.61. The Balaban J connectivity index is 2.05. The van der Waals surface area contributed by atoms with Crippen molar-refractivity contribution in [2.75, 3.05) is 18.0 Å². The molecule has 1 heterocycles. The Labute approximate surface area is 98.4 Å². The topological polar surface area (TPSA) is 29.3 Å². The molecule has 0 saturated carbocycles. The van der Waals surface area contributed by atoms with E-state index >= 15 is 0 Å². The first-order valence-corrected chi connectivity index (χ1v) is 6.37. The molecule has 1 fully saturated rings. The van der Waals surface area contributed by atoms with E-state index in [1.807, 2.05) is 0 Å². The Morgan fingerprint density at radius 2 is 2.06 bits per heavy atom. The molecule has 0 radical (unpaired) electrons. The van der Waals surface area contributed by atoms with E-state index in [1.54, 1.807) is 0 Å². The van der Waals surface area contributed by atoms with Gasteiger partial charge in [-0.05, 0) is 36.5 Å². The van der Waals surface area contributed by atoms with Gasteiger partial charge in [-0.3, -0.25) is 0 Å². The lowest BCUT2D eigenvalue weighted by Crippen LogP contribution is -2.35. The highest BCUT2D eigenvalue weighted by atomic mass is 15.1. The van der Waals surface area contributed by atoms with Crippen LogP contribution >= 0.6 is 0 Å². The molecular formula is C14H22N2. The van der Waals surface area contributed by atoms with E-state index in [9.17, 15) is 0 Å². The van der Waals surface area contributed by atoms with Crippen LogP contribution in [0.25, 0.3) is 0 Å². The van der Waals surface area contributed by atoms with Crippen LogP contribution in [0.4, 0.5) is 5.69 Å². The second-order valence-corrected chi connectivity index (χ2v) is 4.73. The molecule has 0 aliphatic carbocycles. The van der Waals surface area contributed by atoms with Crippen LogP contribution in [0, 0.1) is 5.92 Å². The first kappa shape index (κ1) is 11.5. The lowest BCUT2D eigenvalue weighted by molar-refractivity contribution is 0.405. The Bertz CT molecular complexity index is 318. The number of piperidine rings is 1. The summed E-state index contributed by atoms with van der Waals surface area (Å²) in [5.41, 5.74) is 8.18. The van der Waals surface area contributed by atoms with Crippen molar-refractivity contribution in [3.05, 3.63) is 29.8 Å². The molecule has 0 spiro atoms. The molecule has 2 rings (SSSR count). The third kappa shape index (κ3) is 2.56. The van der Waals surface area contributed by atoms with Gasteiger partial charge in [0.1, 0.15) is 0 Å². The van der Waals surface area contributed by atoms with Gasteiger partial charge in [-0.2, -0.15) is 0 Å². The average molecular weight is 218 g/mol. The van der Waals surface area contributed by atoms with Gasteiger partial charge < -0.3 is 10.6 Å². The number of nitrogens with zero attached hydrogens (tertiary/aromatic N) is 1. The van der Waals surface area contributed by atoms with E-state index in [4.69, 9.17) is 5.73 Å².